The van der Waals surface area contributed by atoms with E-state index in [9.17, 15) is 28.4 Å². The van der Waals surface area contributed by atoms with E-state index < -0.39 is 25.2 Å². The van der Waals surface area contributed by atoms with Crippen LogP contribution in [-0.4, -0.2) is 35.6 Å². The Morgan fingerprint density at radius 3 is 2.79 bits per heavy atom. The number of benzene rings is 1. The van der Waals surface area contributed by atoms with Crippen LogP contribution in [-0.2, 0) is 9.53 Å². The number of carbonyl (C=O) groups is 1. The maximum atomic E-state index is 11.9. The van der Waals surface area contributed by atoms with Crippen molar-refractivity contribution in [1.82, 2.24) is 5.10 Å². The minimum atomic E-state index is -4.60. The molecular formula is C12H11BrF3N4O4+. The third kappa shape index (κ3) is 4.57. The first-order valence-corrected chi connectivity index (χ1v) is 7.27. The standard InChI is InChI=1S/C12H10BrF3N4O4/c13-7-1-2-8-9(5-7)20(23)18-11(19(8)22)17-4-3-10(21)24-6-12(14,15)16/h1-2,5,22H,3-4,6H2/p+1. The molecule has 0 saturated heterocycles. The molecule has 0 bridgehead atoms. The van der Waals surface area contributed by atoms with Gasteiger partial charge in [-0.25, -0.2) is 0 Å². The number of esters is 1. The van der Waals surface area contributed by atoms with Crippen LogP contribution in [0.1, 0.15) is 6.42 Å². The lowest BCUT2D eigenvalue weighted by Crippen LogP contribution is -2.46. The topological polar surface area (TPSA) is 102 Å². The maximum absolute atomic E-state index is 11.9. The van der Waals surface area contributed by atoms with Crippen LogP contribution in [0.25, 0.3) is 11.0 Å². The van der Waals surface area contributed by atoms with E-state index in [1.165, 1.54) is 12.1 Å². The Bertz CT molecular complexity index is 772. The molecule has 0 radical (unpaired) electrons. The summed E-state index contributed by atoms with van der Waals surface area (Å²) in [6, 6.07) is 4.49. The average Bonchev–Trinajstić information content (AvgIpc) is 2.49. The van der Waals surface area contributed by atoms with E-state index in [2.05, 4.69) is 31.1 Å². The van der Waals surface area contributed by atoms with Crippen LogP contribution >= 0.6 is 15.9 Å². The Labute approximate surface area is 141 Å². The van der Waals surface area contributed by atoms with E-state index in [1.54, 1.807) is 6.07 Å². The van der Waals surface area contributed by atoms with E-state index in [0.717, 1.165) is 0 Å². The summed E-state index contributed by atoms with van der Waals surface area (Å²) in [5.41, 5.74) is 0.229. The van der Waals surface area contributed by atoms with E-state index in [4.69, 9.17) is 0 Å². The van der Waals surface area contributed by atoms with Crippen LogP contribution in [0, 0.1) is 5.21 Å². The van der Waals surface area contributed by atoms with Gasteiger partial charge in [-0.2, -0.15) is 13.2 Å². The molecule has 24 heavy (non-hydrogen) atoms. The Balaban J connectivity index is 2.02. The van der Waals surface area contributed by atoms with Crippen molar-refractivity contribution >= 4 is 38.9 Å². The fourth-order valence-corrected chi connectivity index (χ4v) is 2.10. The van der Waals surface area contributed by atoms with Crippen molar-refractivity contribution in [3.05, 3.63) is 27.9 Å². The highest BCUT2D eigenvalue weighted by molar-refractivity contribution is 9.10. The second-order valence-electron chi connectivity index (χ2n) is 4.59. The highest BCUT2D eigenvalue weighted by atomic mass is 79.9. The molecule has 0 aliphatic carbocycles. The number of fused-ring (bicyclic) bond motifs is 1. The van der Waals surface area contributed by atoms with Crippen LogP contribution in [0.3, 0.4) is 0 Å². The second-order valence-corrected chi connectivity index (χ2v) is 5.51. The number of hydrogen-bond acceptors (Lipinski definition) is 6. The fourth-order valence-electron chi connectivity index (χ4n) is 1.75. The summed E-state index contributed by atoms with van der Waals surface area (Å²) < 4.78 is 40.9. The zero-order chi connectivity index (χ0) is 17.9. The van der Waals surface area contributed by atoms with Gasteiger partial charge in [0, 0.05) is 15.4 Å². The monoisotopic (exact) mass is 411 g/mol. The number of nitrogens with one attached hydrogen (secondary N) is 1. The van der Waals surface area contributed by atoms with Gasteiger partial charge in [0.2, 0.25) is 10.6 Å². The summed E-state index contributed by atoms with van der Waals surface area (Å²) in [5.74, 6) is -1.35. The smallest absolute Gasteiger partial charge is 0.496 e. The highest BCUT2D eigenvalue weighted by Crippen LogP contribution is 2.15. The van der Waals surface area contributed by atoms with Gasteiger partial charge in [0.15, 0.2) is 6.61 Å². The van der Waals surface area contributed by atoms with Gasteiger partial charge >= 0.3 is 23.6 Å². The quantitative estimate of drug-likeness (QED) is 0.330. The van der Waals surface area contributed by atoms with Crippen molar-refractivity contribution in [1.29, 1.82) is 0 Å². The van der Waals surface area contributed by atoms with Gasteiger partial charge in [-0.05, 0) is 16.9 Å². The molecule has 0 aliphatic rings. The lowest BCUT2D eigenvalue weighted by molar-refractivity contribution is -0.883. The summed E-state index contributed by atoms with van der Waals surface area (Å²) in [5, 5.41) is 27.8. The van der Waals surface area contributed by atoms with Crippen LogP contribution in [0.4, 0.5) is 19.1 Å². The maximum Gasteiger partial charge on any atom is 0.496 e. The van der Waals surface area contributed by atoms with Crippen LogP contribution < -0.4 is 14.9 Å². The van der Waals surface area contributed by atoms with Crippen LogP contribution in [0.5, 0.6) is 0 Å². The Morgan fingerprint density at radius 1 is 1.42 bits per heavy atom. The zero-order valence-corrected chi connectivity index (χ0v) is 13.5. The number of nitrogens with zero attached hydrogens (tertiary/aromatic N) is 3. The Morgan fingerprint density at radius 2 is 2.12 bits per heavy atom. The third-order valence-corrected chi connectivity index (χ3v) is 3.26. The molecule has 0 amide bonds. The Kier molecular flexibility index (Phi) is 5.26. The van der Waals surface area contributed by atoms with Gasteiger partial charge in [0.25, 0.3) is 0 Å². The molecule has 0 spiro atoms. The van der Waals surface area contributed by atoms with E-state index >= 15 is 0 Å². The lowest BCUT2D eigenvalue weighted by Gasteiger charge is -2.07. The van der Waals surface area contributed by atoms with Crippen molar-refractivity contribution in [3.63, 3.8) is 0 Å². The van der Waals surface area contributed by atoms with Crippen molar-refractivity contribution < 1.29 is 37.5 Å². The lowest BCUT2D eigenvalue weighted by atomic mass is 10.3. The molecule has 0 fully saturated rings. The summed E-state index contributed by atoms with van der Waals surface area (Å²) in [6.45, 7) is -1.86. The van der Waals surface area contributed by atoms with Gasteiger partial charge < -0.3 is 15.2 Å². The van der Waals surface area contributed by atoms with Crippen molar-refractivity contribution in [2.45, 2.75) is 12.6 Å². The third-order valence-electron chi connectivity index (χ3n) is 2.77. The zero-order valence-electron chi connectivity index (χ0n) is 11.9. The predicted molar refractivity (Wildman–Crippen MR) is 75.9 cm³/mol. The number of hydrogen-bond donors (Lipinski definition) is 2. The van der Waals surface area contributed by atoms with Crippen molar-refractivity contribution in [2.24, 2.45) is 0 Å². The largest absolute Gasteiger partial charge is 0.582 e. The first-order chi connectivity index (χ1) is 11.2. The molecule has 130 valence electrons. The average molecular weight is 412 g/mol. The number of anilines is 1. The van der Waals surface area contributed by atoms with Crippen molar-refractivity contribution in [2.75, 3.05) is 18.5 Å². The van der Waals surface area contributed by atoms with Gasteiger partial charge in [-0.1, -0.05) is 15.9 Å². The molecule has 12 heteroatoms. The molecule has 0 saturated carbocycles. The molecule has 1 aromatic heterocycles. The number of ether oxygens (including phenoxy) is 1. The minimum absolute atomic E-state index is 0.0852. The molecule has 0 aliphatic heterocycles. The molecule has 2 N–H and O–H groups in total. The molecule has 8 nitrogen and oxygen atoms in total. The van der Waals surface area contributed by atoms with Gasteiger partial charge in [-0.15, -0.1) is 0 Å². The summed E-state index contributed by atoms with van der Waals surface area (Å²) in [6.07, 6.45) is -5.01. The van der Waals surface area contributed by atoms with Crippen LogP contribution in [0.15, 0.2) is 22.7 Å². The normalized spacial score (nSPS) is 11.5. The molecule has 2 rings (SSSR count). The summed E-state index contributed by atoms with van der Waals surface area (Å²) in [4.78, 5) is 11.4. The number of carbonyl (C=O) groups excluding carboxylic acids is 1. The first-order valence-electron chi connectivity index (χ1n) is 6.48. The van der Waals surface area contributed by atoms with E-state index in [1.807, 2.05) is 0 Å². The number of aromatic nitrogens is 3. The molecule has 1 aromatic carbocycles. The summed E-state index contributed by atoms with van der Waals surface area (Å²) >= 11 is 3.18. The van der Waals surface area contributed by atoms with E-state index in [0.29, 0.717) is 9.20 Å². The number of halogens is 4. The fraction of sp³-hybridized carbons (Fsp3) is 0.333. The van der Waals surface area contributed by atoms with Crippen molar-refractivity contribution in [3.8, 4) is 0 Å². The number of rotatable bonds is 5. The first kappa shape index (κ1) is 18.0. The SMILES string of the molecule is O=C(CCNc1n[n+]([O-])c2cc(Br)ccc2[n+]1O)OCC(F)(F)F. The second kappa shape index (κ2) is 7.03. The summed E-state index contributed by atoms with van der Waals surface area (Å²) in [7, 11) is 0. The molecule has 0 unspecified atom stereocenters. The number of alkyl halides is 3. The molecule has 2 aromatic rings. The minimum Gasteiger partial charge on any atom is -0.582 e. The molecular weight excluding hydrogens is 401 g/mol. The Hall–Kier alpha value is -2.37. The van der Waals surface area contributed by atoms with Gasteiger partial charge in [0.05, 0.1) is 13.0 Å². The predicted octanol–water partition coefficient (Wildman–Crippen LogP) is 1.06. The molecule has 1 heterocycles. The van der Waals surface area contributed by atoms with E-state index in [-0.39, 0.29) is 28.4 Å². The van der Waals surface area contributed by atoms with Gasteiger partial charge in [0.1, 0.15) is 0 Å². The highest BCUT2D eigenvalue weighted by Gasteiger charge is 2.30. The molecule has 0 atom stereocenters. The van der Waals surface area contributed by atoms with Crippen LogP contribution in [0.2, 0.25) is 0 Å². The van der Waals surface area contributed by atoms with Gasteiger partial charge in [-0.3, -0.25) is 10.1 Å².